The summed E-state index contributed by atoms with van der Waals surface area (Å²) in [4.78, 5) is 0. The summed E-state index contributed by atoms with van der Waals surface area (Å²) in [6, 6.07) is 7.37. The Morgan fingerprint density at radius 1 is 1.33 bits per heavy atom. The number of allylic oxidation sites excluding steroid dienone is 6. The molecule has 1 aromatic rings. The largest absolute Gasteiger partial charge is 0.398 e. The normalized spacial score (nSPS) is 11.8. The average molecular weight is 303 g/mol. The lowest BCUT2D eigenvalue weighted by Gasteiger charge is -2.07. The third kappa shape index (κ3) is 6.83. The molecule has 0 aliphatic heterocycles. The zero-order valence-electron chi connectivity index (χ0n) is 13.2. The van der Waals surface area contributed by atoms with Gasteiger partial charge in [-0.2, -0.15) is 5.26 Å². The molecule has 0 atom stereocenters. The van der Waals surface area contributed by atoms with Crippen molar-refractivity contribution in [2.75, 3.05) is 5.73 Å². The van der Waals surface area contributed by atoms with Crippen molar-refractivity contribution in [2.45, 2.75) is 34.1 Å². The smallest absolute Gasteiger partial charge is 0.0991 e. The second kappa shape index (κ2) is 10.8. The van der Waals surface area contributed by atoms with Crippen LogP contribution >= 0.6 is 11.6 Å². The molecule has 0 unspecified atom stereocenters. The SMILES string of the molecule is CC.CC\C=C/C(=C\C=C(/C)Cl)c1cc(C#N)ccc1N. The fourth-order valence-corrected chi connectivity index (χ4v) is 1.62. The Kier molecular flexibility index (Phi) is 9.75. The number of nitriles is 1. The van der Waals surface area contributed by atoms with Crippen LogP contribution < -0.4 is 5.73 Å². The van der Waals surface area contributed by atoms with Gasteiger partial charge in [0.2, 0.25) is 0 Å². The van der Waals surface area contributed by atoms with E-state index in [1.807, 2.05) is 45.1 Å². The van der Waals surface area contributed by atoms with Crippen LogP contribution in [0, 0.1) is 11.3 Å². The molecule has 112 valence electrons. The molecule has 0 amide bonds. The highest BCUT2D eigenvalue weighted by Gasteiger charge is 2.04. The molecule has 0 heterocycles. The monoisotopic (exact) mass is 302 g/mol. The molecule has 0 aromatic heterocycles. The van der Waals surface area contributed by atoms with Gasteiger partial charge in [-0.1, -0.05) is 50.6 Å². The van der Waals surface area contributed by atoms with Gasteiger partial charge < -0.3 is 5.73 Å². The van der Waals surface area contributed by atoms with E-state index in [1.165, 1.54) is 0 Å². The standard InChI is InChI=1S/C16H17ClN2.C2H6/c1-3-4-5-14(8-6-12(2)17)15-10-13(11-18)7-9-16(15)19;1-2/h4-10H,3,19H2,1-2H3;1-2H3/b5-4-,12-6+,14-8+;. The summed E-state index contributed by atoms with van der Waals surface area (Å²) in [7, 11) is 0. The maximum absolute atomic E-state index is 8.97. The molecule has 2 nitrogen and oxygen atoms in total. The van der Waals surface area contributed by atoms with Crippen molar-refractivity contribution in [3.05, 3.63) is 58.7 Å². The van der Waals surface area contributed by atoms with Crippen molar-refractivity contribution in [3.63, 3.8) is 0 Å². The molecule has 1 aromatic carbocycles. The van der Waals surface area contributed by atoms with Crippen LogP contribution in [0.2, 0.25) is 0 Å². The summed E-state index contributed by atoms with van der Waals surface area (Å²) in [6.07, 6.45) is 8.68. The molecule has 0 aliphatic carbocycles. The number of halogens is 1. The van der Waals surface area contributed by atoms with Crippen LogP contribution in [0.25, 0.3) is 5.57 Å². The Morgan fingerprint density at radius 2 is 2.00 bits per heavy atom. The predicted octanol–water partition coefficient (Wildman–Crippen LogP) is 5.66. The molecule has 0 saturated heterocycles. The molecule has 0 fully saturated rings. The van der Waals surface area contributed by atoms with E-state index < -0.39 is 0 Å². The van der Waals surface area contributed by atoms with Crippen molar-refractivity contribution in [1.29, 1.82) is 5.26 Å². The van der Waals surface area contributed by atoms with E-state index in [2.05, 4.69) is 13.0 Å². The second-order valence-electron chi connectivity index (χ2n) is 4.10. The molecule has 21 heavy (non-hydrogen) atoms. The van der Waals surface area contributed by atoms with Crippen LogP contribution in [0.15, 0.2) is 47.5 Å². The molecule has 0 saturated carbocycles. The number of hydrogen-bond acceptors (Lipinski definition) is 2. The van der Waals surface area contributed by atoms with Crippen molar-refractivity contribution >= 4 is 22.9 Å². The van der Waals surface area contributed by atoms with Gasteiger partial charge in [0.25, 0.3) is 0 Å². The zero-order valence-corrected chi connectivity index (χ0v) is 13.9. The number of anilines is 1. The Morgan fingerprint density at radius 3 is 2.52 bits per heavy atom. The average Bonchev–Trinajstić information content (AvgIpc) is 2.50. The summed E-state index contributed by atoms with van der Waals surface area (Å²) in [5.41, 5.74) is 9.01. The lowest BCUT2D eigenvalue weighted by atomic mass is 10.00. The summed E-state index contributed by atoms with van der Waals surface area (Å²) < 4.78 is 0. The number of nitrogens with zero attached hydrogens (tertiary/aromatic N) is 1. The number of nitrogen functional groups attached to an aromatic ring is 1. The van der Waals surface area contributed by atoms with E-state index >= 15 is 0 Å². The van der Waals surface area contributed by atoms with Gasteiger partial charge in [0.1, 0.15) is 0 Å². The van der Waals surface area contributed by atoms with Crippen molar-refractivity contribution in [2.24, 2.45) is 0 Å². The van der Waals surface area contributed by atoms with Crippen LogP contribution in [0.1, 0.15) is 45.2 Å². The van der Waals surface area contributed by atoms with Gasteiger partial charge in [-0.3, -0.25) is 0 Å². The minimum Gasteiger partial charge on any atom is -0.398 e. The van der Waals surface area contributed by atoms with Gasteiger partial charge in [0, 0.05) is 16.3 Å². The van der Waals surface area contributed by atoms with Gasteiger partial charge in [0.05, 0.1) is 11.6 Å². The zero-order chi connectivity index (χ0) is 16.3. The first-order valence-corrected chi connectivity index (χ1v) is 7.47. The minimum atomic E-state index is 0.589. The van der Waals surface area contributed by atoms with Gasteiger partial charge in [-0.05, 0) is 43.2 Å². The third-order valence-electron chi connectivity index (χ3n) is 2.52. The van der Waals surface area contributed by atoms with Crippen LogP contribution in [0.3, 0.4) is 0 Å². The van der Waals surface area contributed by atoms with Crippen molar-refractivity contribution in [3.8, 4) is 6.07 Å². The Labute approximate surface area is 133 Å². The first-order chi connectivity index (χ1) is 10.1. The Balaban J connectivity index is 0.00000191. The van der Waals surface area contributed by atoms with E-state index in [-0.39, 0.29) is 0 Å². The first-order valence-electron chi connectivity index (χ1n) is 7.09. The van der Waals surface area contributed by atoms with Gasteiger partial charge in [0.15, 0.2) is 0 Å². The van der Waals surface area contributed by atoms with Crippen LogP contribution in [0.5, 0.6) is 0 Å². The summed E-state index contributed by atoms with van der Waals surface area (Å²) >= 11 is 5.85. The van der Waals surface area contributed by atoms with Gasteiger partial charge >= 0.3 is 0 Å². The van der Waals surface area contributed by atoms with Gasteiger partial charge in [-0.25, -0.2) is 0 Å². The summed E-state index contributed by atoms with van der Waals surface area (Å²) in [5, 5.41) is 9.66. The Hall–Kier alpha value is -1.98. The summed E-state index contributed by atoms with van der Waals surface area (Å²) in [5.74, 6) is 0. The molecule has 3 heteroatoms. The molecular formula is C18H23ClN2. The maximum atomic E-state index is 8.97. The molecule has 0 aliphatic rings. The highest BCUT2D eigenvalue weighted by atomic mass is 35.5. The topological polar surface area (TPSA) is 49.8 Å². The van der Waals surface area contributed by atoms with E-state index in [0.717, 1.165) is 17.6 Å². The number of nitrogens with two attached hydrogens (primary N) is 1. The molecule has 0 bridgehead atoms. The van der Waals surface area contributed by atoms with Crippen LogP contribution in [-0.2, 0) is 0 Å². The van der Waals surface area contributed by atoms with Crippen LogP contribution in [0.4, 0.5) is 5.69 Å². The maximum Gasteiger partial charge on any atom is 0.0991 e. The fraction of sp³-hybridized carbons (Fsp3) is 0.278. The predicted molar refractivity (Wildman–Crippen MR) is 93.9 cm³/mol. The highest BCUT2D eigenvalue weighted by molar-refractivity contribution is 6.29. The van der Waals surface area contributed by atoms with E-state index in [4.69, 9.17) is 22.6 Å². The van der Waals surface area contributed by atoms with E-state index in [0.29, 0.717) is 16.3 Å². The van der Waals surface area contributed by atoms with Crippen molar-refractivity contribution < 1.29 is 0 Å². The molecule has 2 N–H and O–H groups in total. The quantitative estimate of drug-likeness (QED) is 0.576. The van der Waals surface area contributed by atoms with Crippen molar-refractivity contribution in [1.82, 2.24) is 0 Å². The Bertz CT molecular complexity index is 571. The summed E-state index contributed by atoms with van der Waals surface area (Å²) in [6.45, 7) is 7.88. The number of benzene rings is 1. The third-order valence-corrected chi connectivity index (χ3v) is 2.65. The van der Waals surface area contributed by atoms with E-state index in [1.54, 1.807) is 18.2 Å². The molecule has 1 rings (SSSR count). The second-order valence-corrected chi connectivity index (χ2v) is 4.70. The fourth-order valence-electron chi connectivity index (χ4n) is 1.56. The lowest BCUT2D eigenvalue weighted by molar-refractivity contribution is 1.22. The van der Waals surface area contributed by atoms with Crippen LogP contribution in [-0.4, -0.2) is 0 Å². The van der Waals surface area contributed by atoms with E-state index in [9.17, 15) is 0 Å². The number of rotatable bonds is 4. The van der Waals surface area contributed by atoms with Gasteiger partial charge in [-0.15, -0.1) is 0 Å². The number of hydrogen-bond donors (Lipinski definition) is 1. The highest BCUT2D eigenvalue weighted by Crippen LogP contribution is 2.24. The minimum absolute atomic E-state index is 0.589. The molecular weight excluding hydrogens is 280 g/mol. The molecule has 0 radical (unpaired) electrons. The first kappa shape index (κ1) is 19.0. The lowest BCUT2D eigenvalue weighted by Crippen LogP contribution is -1.93. The molecule has 0 spiro atoms.